The van der Waals surface area contributed by atoms with Gasteiger partial charge < -0.3 is 4.74 Å². The number of nitrogens with zero attached hydrogens (tertiary/aromatic N) is 1. The fourth-order valence-corrected chi connectivity index (χ4v) is 0.174. The van der Waals surface area contributed by atoms with Gasteiger partial charge in [-0.05, 0) is 13.8 Å². The van der Waals surface area contributed by atoms with Gasteiger partial charge in [-0.1, -0.05) is 13.2 Å². The highest BCUT2D eigenvalue weighted by molar-refractivity contribution is 5.86. The molecule has 0 amide bonds. The van der Waals surface area contributed by atoms with Gasteiger partial charge in [0.25, 0.3) is 0 Å². The predicted molar refractivity (Wildman–Crippen MR) is 47.3 cm³/mol. The van der Waals surface area contributed by atoms with Crippen molar-refractivity contribution in [3.8, 4) is 6.07 Å². The van der Waals surface area contributed by atoms with E-state index in [1.54, 1.807) is 13.8 Å². The summed E-state index contributed by atoms with van der Waals surface area (Å²) in [5, 5.41) is 7.79. The molecule has 0 saturated heterocycles. The summed E-state index contributed by atoms with van der Waals surface area (Å²) in [7, 11) is 1.33. The van der Waals surface area contributed by atoms with E-state index in [4.69, 9.17) is 5.26 Å². The van der Waals surface area contributed by atoms with Crippen molar-refractivity contribution in [2.24, 2.45) is 0 Å². The summed E-state index contributed by atoms with van der Waals surface area (Å²) in [5.74, 6) is -0.347. The highest BCUT2D eigenvalue weighted by Gasteiger charge is 1.95. The first-order chi connectivity index (χ1) is 5.45. The quantitative estimate of drug-likeness (QED) is 0.340. The monoisotopic (exact) mass is 167 g/mol. The van der Waals surface area contributed by atoms with E-state index in [0.717, 1.165) is 0 Å². The SMILES string of the molecule is C=C(C)C#N.C=C(C)C(=O)OC. The van der Waals surface area contributed by atoms with Crippen LogP contribution in [0.5, 0.6) is 0 Å². The van der Waals surface area contributed by atoms with Gasteiger partial charge in [-0.15, -0.1) is 0 Å². The van der Waals surface area contributed by atoms with E-state index in [2.05, 4.69) is 17.9 Å². The van der Waals surface area contributed by atoms with Crippen LogP contribution in [0.3, 0.4) is 0 Å². The van der Waals surface area contributed by atoms with Gasteiger partial charge in [0.15, 0.2) is 0 Å². The van der Waals surface area contributed by atoms with Crippen LogP contribution in [0.4, 0.5) is 0 Å². The average Bonchev–Trinajstić information content (AvgIpc) is 2.04. The third kappa shape index (κ3) is 11.3. The van der Waals surface area contributed by atoms with Crippen LogP contribution in [0.1, 0.15) is 13.8 Å². The zero-order valence-electron chi connectivity index (χ0n) is 7.68. The minimum absolute atomic E-state index is 0.347. The molecule has 66 valence electrons. The lowest BCUT2D eigenvalue weighted by Crippen LogP contribution is -1.98. The molecule has 3 heteroatoms. The summed E-state index contributed by atoms with van der Waals surface area (Å²) < 4.78 is 4.27. The Morgan fingerprint density at radius 1 is 1.42 bits per heavy atom. The molecule has 0 unspecified atom stereocenters. The molecule has 0 heterocycles. The van der Waals surface area contributed by atoms with Gasteiger partial charge in [-0.3, -0.25) is 0 Å². The lowest BCUT2D eigenvalue weighted by atomic mass is 10.4. The van der Waals surface area contributed by atoms with Crippen molar-refractivity contribution in [1.29, 1.82) is 5.26 Å². The molecule has 0 aromatic heterocycles. The van der Waals surface area contributed by atoms with Crippen LogP contribution in [0.2, 0.25) is 0 Å². The lowest BCUT2D eigenvalue weighted by Gasteiger charge is -1.91. The Kier molecular flexibility index (Phi) is 8.21. The molecule has 0 spiro atoms. The summed E-state index contributed by atoms with van der Waals surface area (Å²) in [4.78, 5) is 10.2. The highest BCUT2D eigenvalue weighted by atomic mass is 16.5. The summed E-state index contributed by atoms with van der Waals surface area (Å²) in [6.07, 6.45) is 0. The smallest absolute Gasteiger partial charge is 0.332 e. The first-order valence-electron chi connectivity index (χ1n) is 3.25. The maximum Gasteiger partial charge on any atom is 0.332 e. The van der Waals surface area contributed by atoms with Gasteiger partial charge in [0.1, 0.15) is 0 Å². The summed E-state index contributed by atoms with van der Waals surface area (Å²) >= 11 is 0. The Balaban J connectivity index is 0. The van der Waals surface area contributed by atoms with Crippen molar-refractivity contribution in [2.75, 3.05) is 7.11 Å². The fourth-order valence-electron chi connectivity index (χ4n) is 0.174. The molecule has 0 rings (SSSR count). The molecule has 0 N–H and O–H groups in total. The normalized spacial score (nSPS) is 6.83. The second kappa shape index (κ2) is 7.55. The summed E-state index contributed by atoms with van der Waals surface area (Å²) in [6.45, 7) is 9.93. The number of carbonyl (C=O) groups is 1. The maximum absolute atomic E-state index is 10.2. The number of carbonyl (C=O) groups excluding carboxylic acids is 1. The topological polar surface area (TPSA) is 50.1 Å². The van der Waals surface area contributed by atoms with Gasteiger partial charge in [0, 0.05) is 11.1 Å². The third-order valence-electron chi connectivity index (χ3n) is 0.725. The number of nitriles is 1. The van der Waals surface area contributed by atoms with Crippen LogP contribution >= 0.6 is 0 Å². The molecule has 0 aliphatic heterocycles. The molecule has 0 aromatic carbocycles. The zero-order valence-corrected chi connectivity index (χ0v) is 7.68. The van der Waals surface area contributed by atoms with E-state index in [1.807, 2.05) is 6.07 Å². The number of rotatable bonds is 1. The van der Waals surface area contributed by atoms with Gasteiger partial charge in [-0.25, -0.2) is 4.79 Å². The van der Waals surface area contributed by atoms with Gasteiger partial charge >= 0.3 is 5.97 Å². The van der Waals surface area contributed by atoms with Gasteiger partial charge in [0.05, 0.1) is 13.2 Å². The van der Waals surface area contributed by atoms with Gasteiger partial charge in [0.2, 0.25) is 0 Å². The minimum Gasteiger partial charge on any atom is -0.466 e. The van der Waals surface area contributed by atoms with E-state index in [9.17, 15) is 4.79 Å². The second-order valence-corrected chi connectivity index (χ2v) is 2.16. The van der Waals surface area contributed by atoms with Gasteiger partial charge in [-0.2, -0.15) is 5.26 Å². The Morgan fingerprint density at radius 3 is 1.75 bits per heavy atom. The van der Waals surface area contributed by atoms with Crippen LogP contribution < -0.4 is 0 Å². The van der Waals surface area contributed by atoms with Crippen molar-refractivity contribution in [1.82, 2.24) is 0 Å². The molecule has 3 nitrogen and oxygen atoms in total. The molecule has 0 aliphatic carbocycles. The molecular weight excluding hydrogens is 154 g/mol. The van der Waals surface area contributed by atoms with E-state index < -0.39 is 0 Å². The molecule has 12 heavy (non-hydrogen) atoms. The summed E-state index contributed by atoms with van der Waals surface area (Å²) in [5.41, 5.74) is 0.993. The molecule has 0 radical (unpaired) electrons. The minimum atomic E-state index is -0.347. The predicted octanol–water partition coefficient (Wildman–Crippen LogP) is 1.82. The standard InChI is InChI=1S/C5H8O2.C4H5N/c1-4(2)5(6)7-3;1-4(2)3-5/h1H2,2-3H3;1H2,2H3. The molecule has 0 saturated carbocycles. The van der Waals surface area contributed by atoms with Crippen LogP contribution in [0, 0.1) is 11.3 Å². The Morgan fingerprint density at radius 2 is 1.75 bits per heavy atom. The van der Waals surface area contributed by atoms with E-state index in [0.29, 0.717) is 11.1 Å². The van der Waals surface area contributed by atoms with Crippen LogP contribution in [-0.4, -0.2) is 13.1 Å². The largest absolute Gasteiger partial charge is 0.466 e. The molecular formula is C9H13NO2. The van der Waals surface area contributed by atoms with Crippen LogP contribution in [-0.2, 0) is 9.53 Å². The number of ether oxygens (including phenoxy) is 1. The number of esters is 1. The van der Waals surface area contributed by atoms with Crippen molar-refractivity contribution >= 4 is 5.97 Å². The van der Waals surface area contributed by atoms with Crippen molar-refractivity contribution in [2.45, 2.75) is 13.8 Å². The first kappa shape index (κ1) is 13.1. The van der Waals surface area contributed by atoms with Crippen molar-refractivity contribution in [3.05, 3.63) is 24.3 Å². The van der Waals surface area contributed by atoms with Crippen LogP contribution in [0.15, 0.2) is 24.3 Å². The Hall–Kier alpha value is -1.56. The van der Waals surface area contributed by atoms with Crippen molar-refractivity contribution < 1.29 is 9.53 Å². The Bertz CT molecular complexity index is 223. The van der Waals surface area contributed by atoms with Crippen molar-refractivity contribution in [3.63, 3.8) is 0 Å². The summed E-state index contributed by atoms with van der Waals surface area (Å²) in [6, 6.07) is 1.83. The number of hydrogen-bond acceptors (Lipinski definition) is 3. The molecule has 0 atom stereocenters. The number of methoxy groups -OCH3 is 1. The molecule has 0 aliphatic rings. The average molecular weight is 167 g/mol. The maximum atomic E-state index is 10.2. The first-order valence-corrected chi connectivity index (χ1v) is 3.25. The Labute approximate surface area is 73.0 Å². The molecule has 0 aromatic rings. The fraction of sp³-hybridized carbons (Fsp3) is 0.333. The highest BCUT2D eigenvalue weighted by Crippen LogP contribution is 1.87. The third-order valence-corrected chi connectivity index (χ3v) is 0.725. The molecule has 0 bridgehead atoms. The zero-order chi connectivity index (χ0) is 10.1. The van der Waals surface area contributed by atoms with E-state index in [1.165, 1.54) is 7.11 Å². The number of allylic oxidation sites excluding steroid dienone is 1. The van der Waals surface area contributed by atoms with E-state index >= 15 is 0 Å². The lowest BCUT2D eigenvalue weighted by molar-refractivity contribution is -0.136. The molecule has 0 fully saturated rings. The number of hydrogen-bond donors (Lipinski definition) is 0. The second-order valence-electron chi connectivity index (χ2n) is 2.16. The van der Waals surface area contributed by atoms with Crippen LogP contribution in [0.25, 0.3) is 0 Å². The van der Waals surface area contributed by atoms with E-state index in [-0.39, 0.29) is 5.97 Å².